The Bertz CT molecular complexity index is 1020. The number of hydrogen-bond donors (Lipinski definition) is 2. The molecule has 0 saturated heterocycles. The van der Waals surface area contributed by atoms with Crippen LogP contribution in [-0.2, 0) is 24.3 Å². The fraction of sp³-hybridized carbons (Fsp3) is 0.273. The van der Waals surface area contributed by atoms with Gasteiger partial charge in [0.2, 0.25) is 6.10 Å². The lowest BCUT2D eigenvalue weighted by Gasteiger charge is -2.25. The molecule has 2 atom stereocenters. The third kappa shape index (κ3) is 3.97. The Labute approximate surface area is 173 Å². The monoisotopic (exact) mass is 408 g/mol. The minimum atomic E-state index is -0.675. The van der Waals surface area contributed by atoms with Crippen LogP contribution < -0.4 is 19.7 Å². The predicted octanol–water partition coefficient (Wildman–Crippen LogP) is 2.06. The Morgan fingerprint density at radius 1 is 1.14 bits per heavy atom. The smallest absolute Gasteiger partial charge is 0.270 e. The van der Waals surface area contributed by atoms with E-state index >= 15 is 0 Å². The van der Waals surface area contributed by atoms with Crippen LogP contribution in [0.4, 0.5) is 5.13 Å². The molecule has 0 fully saturated rings. The van der Waals surface area contributed by atoms with Gasteiger partial charge in [0.1, 0.15) is 19.7 Å². The Morgan fingerprint density at radius 3 is 2.79 bits per heavy atom. The van der Waals surface area contributed by atoms with Crippen molar-refractivity contribution in [2.45, 2.75) is 25.6 Å². The van der Waals surface area contributed by atoms with Crippen LogP contribution in [0.25, 0.3) is 0 Å². The van der Waals surface area contributed by atoms with E-state index in [0.717, 1.165) is 31.7 Å². The number of para-hydroxylation sites is 2. The number of carbonyl (C=O) groups is 1. The lowest BCUT2D eigenvalue weighted by molar-refractivity contribution is -0.929. The number of anilines is 1. The van der Waals surface area contributed by atoms with E-state index in [2.05, 4.69) is 34.6 Å². The SMILES string of the molecule is O=C(Nc1nc2c(s1)C[NH+](Cc1ccccc1)CC2)[C@@H]1COc2ccccc2O1. The van der Waals surface area contributed by atoms with Crippen molar-refractivity contribution in [2.24, 2.45) is 0 Å². The molecule has 0 saturated carbocycles. The zero-order valence-electron chi connectivity index (χ0n) is 15.9. The minimum absolute atomic E-state index is 0.197. The lowest BCUT2D eigenvalue weighted by atomic mass is 10.1. The highest BCUT2D eigenvalue weighted by atomic mass is 32.1. The van der Waals surface area contributed by atoms with Gasteiger partial charge < -0.3 is 14.4 Å². The Balaban J connectivity index is 1.22. The number of nitrogens with zero attached hydrogens (tertiary/aromatic N) is 1. The van der Waals surface area contributed by atoms with E-state index < -0.39 is 6.10 Å². The molecule has 29 heavy (non-hydrogen) atoms. The number of carbonyl (C=O) groups excluding carboxylic acids is 1. The van der Waals surface area contributed by atoms with Crippen LogP contribution in [0.2, 0.25) is 0 Å². The number of nitrogens with one attached hydrogen (secondary N) is 2. The maximum absolute atomic E-state index is 12.6. The van der Waals surface area contributed by atoms with Gasteiger partial charge in [0.25, 0.3) is 5.91 Å². The van der Waals surface area contributed by atoms with Crippen LogP contribution in [0.1, 0.15) is 16.1 Å². The predicted molar refractivity (Wildman–Crippen MR) is 110 cm³/mol. The van der Waals surface area contributed by atoms with Crippen molar-refractivity contribution < 1.29 is 19.2 Å². The molecular formula is C22H22N3O3S+. The summed E-state index contributed by atoms with van der Waals surface area (Å²) >= 11 is 1.57. The normalized spacial score (nSPS) is 20.0. The molecule has 2 aliphatic rings. The summed E-state index contributed by atoms with van der Waals surface area (Å²) in [5.41, 5.74) is 2.45. The third-order valence-corrected chi connectivity index (χ3v) is 6.25. The van der Waals surface area contributed by atoms with Gasteiger partial charge in [0.05, 0.1) is 17.1 Å². The van der Waals surface area contributed by atoms with Crippen molar-refractivity contribution in [3.05, 3.63) is 70.7 Å². The average Bonchev–Trinajstić information content (AvgIpc) is 3.15. The zero-order chi connectivity index (χ0) is 19.6. The number of fused-ring (bicyclic) bond motifs is 2. The van der Waals surface area contributed by atoms with Crippen molar-refractivity contribution in [2.75, 3.05) is 18.5 Å². The molecule has 6 nitrogen and oxygen atoms in total. The van der Waals surface area contributed by atoms with Crippen molar-refractivity contribution in [1.29, 1.82) is 0 Å². The van der Waals surface area contributed by atoms with Crippen LogP contribution in [0.5, 0.6) is 11.5 Å². The van der Waals surface area contributed by atoms with E-state index in [1.807, 2.05) is 24.3 Å². The number of thiazole rings is 1. The molecule has 7 heteroatoms. The number of aromatic nitrogens is 1. The first-order valence-corrected chi connectivity index (χ1v) is 10.6. The standard InChI is InChI=1S/C22H21N3O3S/c26-21(19-14-27-17-8-4-5-9-18(17)28-19)24-22-23-16-10-11-25(13-20(16)29-22)12-15-6-2-1-3-7-15/h1-9,19H,10-14H2,(H,23,24,26)/p+1/t19-/m0/s1. The summed E-state index contributed by atoms with van der Waals surface area (Å²) < 4.78 is 11.4. The van der Waals surface area contributed by atoms with Crippen LogP contribution in [-0.4, -0.2) is 30.1 Å². The summed E-state index contributed by atoms with van der Waals surface area (Å²) in [6.07, 6.45) is 0.256. The molecule has 0 radical (unpaired) electrons. The number of amides is 1. The number of quaternary nitrogens is 1. The molecule has 1 aromatic heterocycles. The molecule has 1 amide bonds. The molecular weight excluding hydrogens is 386 g/mol. The maximum atomic E-state index is 12.6. The molecule has 2 aliphatic heterocycles. The fourth-order valence-electron chi connectivity index (χ4n) is 3.75. The largest absolute Gasteiger partial charge is 0.485 e. The van der Waals surface area contributed by atoms with Crippen molar-refractivity contribution in [3.63, 3.8) is 0 Å². The maximum Gasteiger partial charge on any atom is 0.270 e. The van der Waals surface area contributed by atoms with E-state index in [4.69, 9.17) is 9.47 Å². The molecule has 0 aliphatic carbocycles. The van der Waals surface area contributed by atoms with Crippen LogP contribution in [0.3, 0.4) is 0 Å². The average molecular weight is 409 g/mol. The first kappa shape index (κ1) is 18.1. The van der Waals surface area contributed by atoms with E-state index in [1.165, 1.54) is 15.3 Å². The minimum Gasteiger partial charge on any atom is -0.485 e. The number of ether oxygens (including phenoxy) is 2. The number of rotatable bonds is 4. The summed E-state index contributed by atoms with van der Waals surface area (Å²) in [7, 11) is 0. The van der Waals surface area contributed by atoms with Crippen LogP contribution in [0, 0.1) is 0 Å². The van der Waals surface area contributed by atoms with Gasteiger partial charge in [-0.25, -0.2) is 4.98 Å². The van der Waals surface area contributed by atoms with E-state index in [0.29, 0.717) is 16.6 Å². The van der Waals surface area contributed by atoms with Gasteiger partial charge in [0, 0.05) is 12.0 Å². The molecule has 3 aromatic rings. The molecule has 2 N–H and O–H groups in total. The van der Waals surface area contributed by atoms with Gasteiger partial charge in [0.15, 0.2) is 16.6 Å². The number of benzene rings is 2. The second kappa shape index (κ2) is 7.85. The van der Waals surface area contributed by atoms with Crippen molar-refractivity contribution in [3.8, 4) is 11.5 Å². The van der Waals surface area contributed by atoms with Crippen LogP contribution in [0.15, 0.2) is 54.6 Å². The van der Waals surface area contributed by atoms with Crippen molar-refractivity contribution >= 4 is 22.4 Å². The Hall–Kier alpha value is -2.90. The Morgan fingerprint density at radius 2 is 1.93 bits per heavy atom. The highest BCUT2D eigenvalue weighted by Crippen LogP contribution is 2.31. The van der Waals surface area contributed by atoms with E-state index in [-0.39, 0.29) is 12.5 Å². The van der Waals surface area contributed by atoms with Crippen LogP contribution >= 0.6 is 11.3 Å². The Kier molecular flexibility index (Phi) is 4.91. The second-order valence-electron chi connectivity index (χ2n) is 7.33. The lowest BCUT2D eigenvalue weighted by Crippen LogP contribution is -3.10. The van der Waals surface area contributed by atoms with Gasteiger partial charge in [-0.05, 0) is 12.1 Å². The summed E-state index contributed by atoms with van der Waals surface area (Å²) in [6.45, 7) is 3.19. The summed E-state index contributed by atoms with van der Waals surface area (Å²) in [4.78, 5) is 20.1. The van der Waals surface area contributed by atoms with Crippen molar-refractivity contribution in [1.82, 2.24) is 4.98 Å². The molecule has 0 bridgehead atoms. The third-order valence-electron chi connectivity index (χ3n) is 5.23. The summed E-state index contributed by atoms with van der Waals surface area (Å²) in [5, 5.41) is 3.56. The zero-order valence-corrected chi connectivity index (χ0v) is 16.7. The molecule has 0 spiro atoms. The highest BCUT2D eigenvalue weighted by Gasteiger charge is 2.29. The quantitative estimate of drug-likeness (QED) is 0.694. The first-order valence-electron chi connectivity index (χ1n) is 9.80. The summed E-state index contributed by atoms with van der Waals surface area (Å²) in [5.74, 6) is 1.04. The van der Waals surface area contributed by atoms with Gasteiger partial charge in [-0.3, -0.25) is 10.1 Å². The van der Waals surface area contributed by atoms with Gasteiger partial charge in [-0.15, -0.1) is 0 Å². The van der Waals surface area contributed by atoms with Gasteiger partial charge in [-0.1, -0.05) is 53.8 Å². The topological polar surface area (TPSA) is 64.9 Å². The molecule has 5 rings (SSSR count). The first-order chi connectivity index (χ1) is 14.2. The molecule has 148 valence electrons. The van der Waals surface area contributed by atoms with Gasteiger partial charge in [-0.2, -0.15) is 0 Å². The fourth-order valence-corrected chi connectivity index (χ4v) is 4.83. The molecule has 3 heterocycles. The van der Waals surface area contributed by atoms with Gasteiger partial charge >= 0.3 is 0 Å². The molecule has 1 unspecified atom stereocenters. The highest BCUT2D eigenvalue weighted by molar-refractivity contribution is 7.15. The second-order valence-corrected chi connectivity index (χ2v) is 8.42. The summed E-state index contributed by atoms with van der Waals surface area (Å²) in [6, 6.07) is 17.9. The van der Waals surface area contributed by atoms with E-state index in [1.54, 1.807) is 17.4 Å². The molecule has 2 aromatic carbocycles. The van der Waals surface area contributed by atoms with E-state index in [9.17, 15) is 4.79 Å². The number of hydrogen-bond acceptors (Lipinski definition) is 5.